The van der Waals surface area contributed by atoms with Crippen molar-refractivity contribution in [2.45, 2.75) is 13.3 Å². The van der Waals surface area contributed by atoms with Crippen LogP contribution in [0, 0.1) is 6.92 Å². The van der Waals surface area contributed by atoms with Crippen molar-refractivity contribution < 1.29 is 0 Å². The molecule has 0 aliphatic heterocycles. The molecule has 0 unspecified atom stereocenters. The summed E-state index contributed by atoms with van der Waals surface area (Å²) >= 11 is 0. The highest BCUT2D eigenvalue weighted by Crippen LogP contribution is 2.28. The first-order chi connectivity index (χ1) is 11.8. The highest BCUT2D eigenvalue weighted by Gasteiger charge is 2.10. The Hall–Kier alpha value is -2.93. The minimum absolute atomic E-state index is 0.842. The third-order valence-corrected chi connectivity index (χ3v) is 4.35. The molecule has 3 aromatic carbocycles. The van der Waals surface area contributed by atoms with Gasteiger partial charge in [0.1, 0.15) is 0 Å². The highest BCUT2D eigenvalue weighted by atomic mass is 14.7. The topological polar surface area (TPSA) is 12.9 Å². The van der Waals surface area contributed by atoms with Gasteiger partial charge in [0.2, 0.25) is 0 Å². The van der Waals surface area contributed by atoms with Gasteiger partial charge in [-0.2, -0.15) is 0 Å². The van der Waals surface area contributed by atoms with Crippen LogP contribution in [-0.4, -0.2) is 4.98 Å². The average Bonchev–Trinajstić information content (AvgIpc) is 2.63. The van der Waals surface area contributed by atoms with Crippen LogP contribution in [0.25, 0.3) is 22.0 Å². The fourth-order valence-electron chi connectivity index (χ4n) is 3.13. The number of rotatable bonds is 3. The van der Waals surface area contributed by atoms with Gasteiger partial charge in [-0.25, -0.2) is 0 Å². The van der Waals surface area contributed by atoms with Crippen molar-refractivity contribution >= 4 is 10.9 Å². The minimum Gasteiger partial charge on any atom is -0.252 e. The van der Waals surface area contributed by atoms with Crippen molar-refractivity contribution in [2.24, 2.45) is 0 Å². The van der Waals surface area contributed by atoms with Crippen LogP contribution in [0.3, 0.4) is 0 Å². The van der Waals surface area contributed by atoms with Gasteiger partial charge in [0, 0.05) is 17.4 Å². The zero-order valence-electron chi connectivity index (χ0n) is 13.7. The molecule has 116 valence electrons. The predicted octanol–water partition coefficient (Wildman–Crippen LogP) is 5.80. The molecule has 0 saturated carbocycles. The third-order valence-electron chi connectivity index (χ3n) is 4.35. The van der Waals surface area contributed by atoms with Gasteiger partial charge < -0.3 is 0 Å². The second-order valence-corrected chi connectivity index (χ2v) is 6.21. The van der Waals surface area contributed by atoms with E-state index in [0.29, 0.717) is 0 Å². The number of pyridine rings is 1. The first kappa shape index (κ1) is 14.6. The van der Waals surface area contributed by atoms with Crippen molar-refractivity contribution in [3.63, 3.8) is 0 Å². The fourth-order valence-corrected chi connectivity index (χ4v) is 3.13. The molecule has 4 rings (SSSR count). The molecule has 0 bridgehead atoms. The van der Waals surface area contributed by atoms with Gasteiger partial charge in [-0.15, -0.1) is 0 Å². The first-order valence-corrected chi connectivity index (χ1v) is 8.29. The van der Waals surface area contributed by atoms with Crippen LogP contribution >= 0.6 is 0 Å². The Bertz CT molecular complexity index is 973. The summed E-state index contributed by atoms with van der Waals surface area (Å²) in [5.74, 6) is 0. The number of benzene rings is 3. The maximum Gasteiger partial charge on any atom is 0.0706 e. The molecule has 1 aromatic heterocycles. The van der Waals surface area contributed by atoms with Crippen molar-refractivity contribution in [2.75, 3.05) is 0 Å². The summed E-state index contributed by atoms with van der Waals surface area (Å²) in [6.45, 7) is 2.12. The zero-order valence-corrected chi connectivity index (χ0v) is 13.7. The average molecular weight is 309 g/mol. The molecule has 1 heterocycles. The number of aromatic nitrogens is 1. The molecule has 0 radical (unpaired) electrons. The predicted molar refractivity (Wildman–Crippen MR) is 101 cm³/mol. The van der Waals surface area contributed by atoms with Crippen molar-refractivity contribution in [3.8, 4) is 11.1 Å². The molecule has 0 aliphatic rings. The smallest absolute Gasteiger partial charge is 0.0706 e. The van der Waals surface area contributed by atoms with Gasteiger partial charge in [0.05, 0.1) is 11.2 Å². The van der Waals surface area contributed by atoms with Crippen LogP contribution < -0.4 is 0 Å². The van der Waals surface area contributed by atoms with E-state index in [-0.39, 0.29) is 0 Å². The lowest BCUT2D eigenvalue weighted by atomic mass is 9.97. The summed E-state index contributed by atoms with van der Waals surface area (Å²) in [7, 11) is 0. The minimum atomic E-state index is 0.842. The van der Waals surface area contributed by atoms with E-state index in [2.05, 4.69) is 91.9 Å². The molecule has 0 spiro atoms. The number of aryl methyl sites for hydroxylation is 1. The van der Waals surface area contributed by atoms with Gasteiger partial charge in [0.25, 0.3) is 0 Å². The Morgan fingerprint density at radius 2 is 1.46 bits per heavy atom. The van der Waals surface area contributed by atoms with Gasteiger partial charge >= 0.3 is 0 Å². The Balaban J connectivity index is 1.90. The van der Waals surface area contributed by atoms with E-state index in [0.717, 1.165) is 17.6 Å². The molecule has 4 aromatic rings. The van der Waals surface area contributed by atoms with E-state index in [4.69, 9.17) is 4.98 Å². The molecule has 24 heavy (non-hydrogen) atoms. The van der Waals surface area contributed by atoms with Crippen LogP contribution in [0.2, 0.25) is 0 Å². The van der Waals surface area contributed by atoms with Crippen molar-refractivity contribution in [1.82, 2.24) is 4.98 Å². The lowest BCUT2D eigenvalue weighted by molar-refractivity contribution is 1.10. The van der Waals surface area contributed by atoms with Gasteiger partial charge in [-0.3, -0.25) is 4.98 Å². The molecule has 0 atom stereocenters. The summed E-state index contributed by atoms with van der Waals surface area (Å²) in [4.78, 5) is 4.99. The van der Waals surface area contributed by atoms with Crippen molar-refractivity contribution in [3.05, 3.63) is 102 Å². The summed E-state index contributed by atoms with van der Waals surface area (Å²) in [6.07, 6.45) is 0.842. The second-order valence-electron chi connectivity index (χ2n) is 6.21. The van der Waals surface area contributed by atoms with E-state index in [1.165, 1.54) is 27.6 Å². The Morgan fingerprint density at radius 1 is 0.750 bits per heavy atom. The molecule has 0 N–H and O–H groups in total. The van der Waals surface area contributed by atoms with Gasteiger partial charge in [0.15, 0.2) is 0 Å². The standard InChI is InChI=1S/C23H19N/c1-17-12-13-22-20(14-17)16-21(19-10-6-3-7-11-19)23(24-22)15-18-8-4-2-5-9-18/h2-14,16H,15H2,1H3. The summed E-state index contributed by atoms with van der Waals surface area (Å²) < 4.78 is 0. The molecule has 1 heteroatoms. The lowest BCUT2D eigenvalue weighted by Crippen LogP contribution is -1.97. The molecule has 0 amide bonds. The second kappa shape index (κ2) is 6.29. The molecule has 0 aliphatic carbocycles. The maximum absolute atomic E-state index is 4.99. The molecule has 0 saturated heterocycles. The largest absolute Gasteiger partial charge is 0.252 e. The zero-order chi connectivity index (χ0) is 16.4. The number of nitrogens with zero attached hydrogens (tertiary/aromatic N) is 1. The van der Waals surface area contributed by atoms with Crippen LogP contribution in [-0.2, 0) is 6.42 Å². The van der Waals surface area contributed by atoms with E-state index >= 15 is 0 Å². The van der Waals surface area contributed by atoms with Crippen LogP contribution in [0.1, 0.15) is 16.8 Å². The SMILES string of the molecule is Cc1ccc2nc(Cc3ccccc3)c(-c3ccccc3)cc2c1. The highest BCUT2D eigenvalue weighted by molar-refractivity contribution is 5.85. The summed E-state index contributed by atoms with van der Waals surface area (Å²) in [6, 6.07) is 29.8. The number of hydrogen-bond acceptors (Lipinski definition) is 1. The van der Waals surface area contributed by atoms with Gasteiger partial charge in [-0.05, 0) is 36.2 Å². The van der Waals surface area contributed by atoms with E-state index in [1.54, 1.807) is 0 Å². The maximum atomic E-state index is 4.99. The lowest BCUT2D eigenvalue weighted by Gasteiger charge is -2.12. The third kappa shape index (κ3) is 2.93. The summed E-state index contributed by atoms with van der Waals surface area (Å²) in [5.41, 5.74) is 7.18. The number of fused-ring (bicyclic) bond motifs is 1. The van der Waals surface area contributed by atoms with E-state index < -0.39 is 0 Å². The Kier molecular flexibility index (Phi) is 3.84. The summed E-state index contributed by atoms with van der Waals surface area (Å²) in [5, 5.41) is 1.20. The quantitative estimate of drug-likeness (QED) is 0.466. The molecular formula is C23H19N. The van der Waals surface area contributed by atoms with E-state index in [9.17, 15) is 0 Å². The van der Waals surface area contributed by atoms with Crippen LogP contribution in [0.4, 0.5) is 0 Å². The Morgan fingerprint density at radius 3 is 2.21 bits per heavy atom. The molecular weight excluding hydrogens is 290 g/mol. The monoisotopic (exact) mass is 309 g/mol. The number of hydrogen-bond donors (Lipinski definition) is 0. The Labute approximate surface area is 142 Å². The van der Waals surface area contributed by atoms with Crippen LogP contribution in [0.5, 0.6) is 0 Å². The van der Waals surface area contributed by atoms with Crippen LogP contribution in [0.15, 0.2) is 84.9 Å². The molecule has 1 nitrogen and oxygen atoms in total. The normalized spacial score (nSPS) is 10.9. The van der Waals surface area contributed by atoms with Crippen molar-refractivity contribution in [1.29, 1.82) is 0 Å². The fraction of sp³-hybridized carbons (Fsp3) is 0.0870. The van der Waals surface area contributed by atoms with Gasteiger partial charge in [-0.1, -0.05) is 72.3 Å². The molecule has 0 fully saturated rings. The van der Waals surface area contributed by atoms with E-state index in [1.807, 2.05) is 0 Å². The first-order valence-electron chi connectivity index (χ1n) is 8.29.